The molecule has 10 aromatic carbocycles. The highest BCUT2D eigenvalue weighted by atomic mass is 32.2. The van der Waals surface area contributed by atoms with E-state index in [1.807, 2.05) is 345 Å². The SMILES string of the molecule is C.CC.CC.CC.CC.CC.CC.CC.CC.CC.CC.CC.CC.CC.CC.CC.CC.CC.CC.CC.CC.CS(=O)(=O)c1cc(Oc2ccccc2)ccc1O.Cc1ccc(Oc2ccc(O)c(S(C)(=O)=O)c2)cc1.Cc1ccc(Oc2ccc([N+](=O)[O-])cc2)cc1.Cc1ccc(Oc2ccc([N+](=O)[O-])cc2)cc1S(=O)[O-].Cc1ccc(Oc2ccc([N+](=O)[O-])cc2)cc1S(C)(=O)=O.NC(=O)OC=O.O.O.O. The third kappa shape index (κ3) is 92.6. The number of hydrogen-bond acceptors (Lipinski definition) is 24. The second-order valence-corrected chi connectivity index (χ2v) is 27.8. The lowest BCUT2D eigenvalue weighted by molar-refractivity contribution is -0.385. The summed E-state index contributed by atoms with van der Waals surface area (Å²) in [5.74, 6) is 4.16. The Bertz CT molecular complexity index is 4920. The highest BCUT2D eigenvalue weighted by Crippen LogP contribution is 2.34. The van der Waals surface area contributed by atoms with Gasteiger partial charge in [-0.05, 0) is 171 Å². The van der Waals surface area contributed by atoms with Crippen LogP contribution < -0.4 is 29.4 Å². The highest BCUT2D eigenvalue weighted by Gasteiger charge is 2.18. The number of amides is 1. The molecule has 10 rings (SSSR count). The van der Waals surface area contributed by atoms with Crippen molar-refractivity contribution in [2.45, 2.75) is 332 Å². The van der Waals surface area contributed by atoms with Crippen LogP contribution in [0.5, 0.6) is 69.0 Å². The summed E-state index contributed by atoms with van der Waals surface area (Å²) in [5, 5.41) is 50.6. The molecule has 31 nitrogen and oxygen atoms in total. The summed E-state index contributed by atoms with van der Waals surface area (Å²) in [5.41, 5.74) is 7.80. The number of phenolic OH excluding ortho intramolecular Hbond substituents is 2. The lowest BCUT2D eigenvalue weighted by atomic mass is 10.2. The molecule has 10 aromatic rings. The van der Waals surface area contributed by atoms with Crippen LogP contribution in [-0.2, 0) is 50.1 Å². The second kappa shape index (κ2) is 126. The first-order valence-corrected chi connectivity index (χ1v) is 55.5. The maximum absolute atomic E-state index is 11.6. The molecule has 0 bridgehead atoms. The smallest absolute Gasteiger partial charge is 0.412 e. The number of non-ortho nitro benzene ring substituents is 3. The first-order chi connectivity index (χ1) is 67.5. The van der Waals surface area contributed by atoms with Crippen LogP contribution in [0.4, 0.5) is 21.9 Å². The minimum atomic E-state index is -3.48. The van der Waals surface area contributed by atoms with Crippen molar-refractivity contribution in [1.29, 1.82) is 0 Å². The van der Waals surface area contributed by atoms with E-state index >= 15 is 0 Å². The van der Waals surface area contributed by atoms with Gasteiger partial charge in [0.15, 0.2) is 29.5 Å². The molecule has 0 saturated heterocycles. The van der Waals surface area contributed by atoms with Crippen molar-refractivity contribution < 1.29 is 113 Å². The van der Waals surface area contributed by atoms with E-state index in [0.717, 1.165) is 29.9 Å². The summed E-state index contributed by atoms with van der Waals surface area (Å²) >= 11 is -2.34. The summed E-state index contributed by atoms with van der Waals surface area (Å²) < 4.78 is 122. The van der Waals surface area contributed by atoms with Crippen molar-refractivity contribution in [3.8, 4) is 69.0 Å². The Kier molecular flexibility index (Phi) is 157. The summed E-state index contributed by atoms with van der Waals surface area (Å²) in [6, 6.07) is 58.7. The Morgan fingerprint density at radius 3 is 0.690 bits per heavy atom. The molecule has 0 aliphatic heterocycles. The van der Waals surface area contributed by atoms with E-state index in [9.17, 15) is 79.4 Å². The molecule has 0 aromatic heterocycles. The predicted molar refractivity (Wildman–Crippen MR) is 615 cm³/mol. The van der Waals surface area contributed by atoms with E-state index in [1.165, 1.54) is 109 Å². The van der Waals surface area contributed by atoms with E-state index < -0.39 is 61.5 Å². The average Bonchev–Trinajstić information content (AvgIpc) is 0.830. The molecule has 10 N–H and O–H groups in total. The Morgan fingerprint density at radius 2 is 0.490 bits per heavy atom. The number of hydrogen-bond donors (Lipinski definition) is 3. The molecular weight excluding hydrogens is 1940 g/mol. The molecule has 1 atom stereocenters. The van der Waals surface area contributed by atoms with E-state index in [-0.39, 0.29) is 78.5 Å². The number of carbonyl (C=O) groups excluding carboxylic acids is 2. The van der Waals surface area contributed by atoms with Gasteiger partial charge in [-0.2, -0.15) is 0 Å². The number of rotatable bonds is 18. The molecule has 0 spiro atoms. The number of para-hydroxylation sites is 1. The summed E-state index contributed by atoms with van der Waals surface area (Å²) in [6.45, 7) is 87.3. The van der Waals surface area contributed by atoms with Crippen LogP contribution in [0.2, 0.25) is 0 Å². The molecule has 1 amide bonds. The number of benzene rings is 10. The number of phenols is 2. The summed E-state index contributed by atoms with van der Waals surface area (Å²) in [7, 11) is -10.3. The van der Waals surface area contributed by atoms with Gasteiger partial charge in [0.05, 0.1) is 19.7 Å². The predicted octanol–water partition coefficient (Wildman–Crippen LogP) is 33.1. The molecule has 0 fully saturated rings. The van der Waals surface area contributed by atoms with Crippen LogP contribution >= 0.6 is 0 Å². The molecule has 0 heterocycles. The van der Waals surface area contributed by atoms with Crippen LogP contribution in [0.15, 0.2) is 244 Å². The minimum absolute atomic E-state index is 0. The molecule has 840 valence electrons. The Balaban J connectivity index is -0.0000000674. The highest BCUT2D eigenvalue weighted by molar-refractivity contribution is 7.91. The molecule has 0 radical (unpaired) electrons. The molecular formula is C110H193N4O27S4-. The van der Waals surface area contributed by atoms with Crippen LogP contribution in [0.25, 0.3) is 0 Å². The fourth-order valence-corrected chi connectivity index (χ4v) is 11.0. The largest absolute Gasteiger partial charge is 0.768 e. The van der Waals surface area contributed by atoms with Crippen LogP contribution in [0.1, 0.15) is 307 Å². The molecule has 0 aliphatic carbocycles. The molecule has 0 saturated carbocycles. The van der Waals surface area contributed by atoms with Crippen molar-refractivity contribution in [2.75, 3.05) is 18.8 Å². The Hall–Kier alpha value is -12.2. The quantitative estimate of drug-likeness (QED) is 0.0236. The second-order valence-electron chi connectivity index (χ2n) is 20.9. The third-order valence-corrected chi connectivity index (χ3v) is 17.1. The van der Waals surface area contributed by atoms with Gasteiger partial charge in [-0.3, -0.25) is 39.3 Å². The van der Waals surface area contributed by atoms with E-state index in [0.29, 0.717) is 68.6 Å². The van der Waals surface area contributed by atoms with Crippen molar-refractivity contribution in [3.63, 3.8) is 0 Å². The van der Waals surface area contributed by atoms with Crippen LogP contribution in [0, 0.1) is 58.0 Å². The van der Waals surface area contributed by atoms with Crippen molar-refractivity contribution >= 4 is 70.2 Å². The number of ether oxygens (including phenoxy) is 6. The number of aryl methyl sites for hydroxylation is 4. The number of carbonyl (C=O) groups is 2. The molecule has 35 heteroatoms. The number of nitrogens with two attached hydrogens (primary N) is 1. The molecule has 0 aliphatic rings. The maximum atomic E-state index is 11.6. The topological polar surface area (TPSA) is 522 Å². The number of aromatic hydroxyl groups is 2. The van der Waals surface area contributed by atoms with Gasteiger partial charge in [-0.15, -0.1) is 0 Å². The van der Waals surface area contributed by atoms with Gasteiger partial charge in [0, 0.05) is 72.2 Å². The van der Waals surface area contributed by atoms with Crippen molar-refractivity contribution in [1.82, 2.24) is 0 Å². The Labute approximate surface area is 880 Å². The average molecular weight is 2130 g/mol. The fourth-order valence-electron chi connectivity index (χ4n) is 7.91. The normalized spacial score (nSPS) is 8.39. The summed E-state index contributed by atoms with van der Waals surface area (Å²) in [4.78, 5) is 48.6. The van der Waals surface area contributed by atoms with Crippen LogP contribution in [0.3, 0.4) is 0 Å². The van der Waals surface area contributed by atoms with Crippen LogP contribution in [-0.4, -0.2) is 107 Å². The Morgan fingerprint density at radius 1 is 0.303 bits per heavy atom. The number of nitrogens with zero attached hydrogens (tertiary/aromatic N) is 3. The number of sulfone groups is 3. The number of nitro groups is 3. The zero-order chi connectivity index (χ0) is 115. The lowest BCUT2D eigenvalue weighted by Gasteiger charge is -2.11. The first-order valence-electron chi connectivity index (χ1n) is 48.8. The third-order valence-electron chi connectivity index (χ3n) is 12.8. The molecule has 1 unspecified atom stereocenters. The van der Waals surface area contributed by atoms with Gasteiger partial charge >= 0.3 is 12.6 Å². The maximum Gasteiger partial charge on any atom is 0.412 e. The minimum Gasteiger partial charge on any atom is -0.768 e. The van der Waals surface area contributed by atoms with E-state index in [2.05, 4.69) is 10.5 Å². The zero-order valence-electron chi connectivity index (χ0n) is 95.9. The van der Waals surface area contributed by atoms with Gasteiger partial charge in [0.2, 0.25) is 0 Å². The lowest BCUT2D eigenvalue weighted by Crippen LogP contribution is -2.10. The standard InChI is InChI=1S/C14H13NO5S.C14H14O4S.C13H11NO5S.C13H11NO3.C13H12O4S.C2H3NO3.20C2H6.CH4.3H2O/c1-10-3-6-13(9-14(10)21(2,18)19)20-12-7-4-11(5-8-12)15(16)17;1-10-3-5-11(6-4-10)18-12-7-8-13(15)14(9-12)19(2,16)17;1-9-2-5-12(8-13(9)20(17)18)19-11-6-3-10(4-7-11)14(15)16;1-10-2-6-12(7-3-10)17-13-8-4-11(5-9-13)14(15)16;1-18(15,16)13-9-11(7-8-12(13)14)17-10-5-3-2-4-6-10;3-2(5)6-1-4;20*1-2;;;;/h3-9H,1-2H3;3-9,15H,1-2H3;2-8H,1H3,(H,17,18);2-9H,1H3;2-9,14H,1H3;1H,(H2,3,5);20*1-2H3;1H4;3*1H2/p-1. The molecule has 145 heavy (non-hydrogen) atoms. The van der Waals surface area contributed by atoms with Gasteiger partial charge in [0.1, 0.15) is 78.8 Å². The first kappa shape index (κ1) is 181. The number of nitro benzene ring substituents is 3. The number of primary amides is 1. The van der Waals surface area contributed by atoms with Gasteiger partial charge in [-0.1, -0.05) is 350 Å². The van der Waals surface area contributed by atoms with E-state index in [4.69, 9.17) is 28.5 Å². The van der Waals surface area contributed by atoms with E-state index in [1.54, 1.807) is 74.5 Å². The fraction of sp³-hybridized carbons (Fsp3) is 0.436. The van der Waals surface area contributed by atoms with Gasteiger partial charge < -0.3 is 65.3 Å². The summed E-state index contributed by atoms with van der Waals surface area (Å²) in [6.07, 6.45) is 2.13. The van der Waals surface area contributed by atoms with Crippen molar-refractivity contribution in [2.24, 2.45) is 5.73 Å². The monoisotopic (exact) mass is 2130 g/mol. The zero-order valence-corrected chi connectivity index (χ0v) is 99.1. The van der Waals surface area contributed by atoms with Gasteiger partial charge in [0.25, 0.3) is 17.1 Å². The van der Waals surface area contributed by atoms with Crippen molar-refractivity contribution in [3.05, 3.63) is 277 Å². The van der Waals surface area contributed by atoms with Gasteiger partial charge in [-0.25, -0.2) is 30.0 Å².